The number of aliphatic imine (C=N–C) groups is 1. The third kappa shape index (κ3) is 6.59. The van der Waals surface area contributed by atoms with Gasteiger partial charge in [-0.1, -0.05) is 29.3 Å². The minimum atomic E-state index is -0.422. The average Bonchev–Trinajstić information content (AvgIpc) is 3.12. The summed E-state index contributed by atoms with van der Waals surface area (Å²) in [7, 11) is 3.00. The van der Waals surface area contributed by atoms with Crippen LogP contribution in [0.5, 0.6) is 5.75 Å². The fraction of sp³-hybridized carbons (Fsp3) is 0.115. The first-order chi connectivity index (χ1) is 17.7. The van der Waals surface area contributed by atoms with Crippen LogP contribution in [0.3, 0.4) is 0 Å². The highest BCUT2D eigenvalue weighted by Crippen LogP contribution is 2.38. The van der Waals surface area contributed by atoms with Crippen molar-refractivity contribution < 1.29 is 19.1 Å². The van der Waals surface area contributed by atoms with E-state index in [0.29, 0.717) is 46.1 Å². The van der Waals surface area contributed by atoms with E-state index >= 15 is 0 Å². The monoisotopic (exact) mass is 682 g/mol. The first kappa shape index (κ1) is 27.7. The van der Waals surface area contributed by atoms with Gasteiger partial charge in [0.2, 0.25) is 0 Å². The second-order valence-corrected chi connectivity index (χ2v) is 11.3. The summed E-state index contributed by atoms with van der Waals surface area (Å²) in [5.41, 5.74) is 2.64. The minimum absolute atomic E-state index is 0.167. The average molecular weight is 685 g/mol. The summed E-state index contributed by atoms with van der Waals surface area (Å²) in [5.74, 6) is 0.0164. The third-order valence-corrected chi connectivity index (χ3v) is 8.05. The zero-order chi connectivity index (χ0) is 26.7. The predicted octanol–water partition coefficient (Wildman–Crippen LogP) is 8.12. The van der Waals surface area contributed by atoms with Crippen LogP contribution in [0.1, 0.15) is 21.5 Å². The number of hydrogen-bond acceptors (Lipinski definition) is 6. The van der Waals surface area contributed by atoms with Gasteiger partial charge in [-0.05, 0) is 104 Å². The number of hydrogen-bond donors (Lipinski definition) is 0. The highest BCUT2D eigenvalue weighted by molar-refractivity contribution is 9.11. The second-order valence-electron chi connectivity index (χ2n) is 7.75. The van der Waals surface area contributed by atoms with E-state index in [-0.39, 0.29) is 12.5 Å². The number of esters is 1. The Morgan fingerprint density at radius 1 is 1.08 bits per heavy atom. The Hall–Kier alpha value is -2.30. The van der Waals surface area contributed by atoms with Crippen LogP contribution < -0.4 is 4.74 Å². The number of ether oxygens (including phenoxy) is 2. The van der Waals surface area contributed by atoms with Gasteiger partial charge in [-0.15, -0.1) is 0 Å². The number of likely N-dealkylation sites (N-methyl/N-ethyl adjacent to an activating group) is 1. The normalized spacial score (nSPS) is 15.5. The van der Waals surface area contributed by atoms with Crippen LogP contribution in [0.2, 0.25) is 10.0 Å². The number of carbonyl (C=O) groups is 2. The smallest absolute Gasteiger partial charge is 0.337 e. The molecule has 6 nitrogen and oxygen atoms in total. The Bertz CT molecular complexity index is 1420. The van der Waals surface area contributed by atoms with Crippen LogP contribution in [0.4, 0.5) is 5.69 Å². The molecule has 0 spiro atoms. The van der Waals surface area contributed by atoms with Gasteiger partial charge in [-0.25, -0.2) is 9.79 Å². The van der Waals surface area contributed by atoms with Crippen molar-refractivity contribution in [3.05, 3.63) is 95.2 Å². The Kier molecular flexibility index (Phi) is 9.03. The Balaban J connectivity index is 1.51. The lowest BCUT2D eigenvalue weighted by molar-refractivity contribution is -0.121. The summed E-state index contributed by atoms with van der Waals surface area (Å²) in [5, 5.41) is 1.61. The molecule has 11 heteroatoms. The summed E-state index contributed by atoms with van der Waals surface area (Å²) in [6.07, 6.45) is 1.79. The molecule has 0 unspecified atom stereocenters. The van der Waals surface area contributed by atoms with E-state index in [1.165, 1.54) is 23.8 Å². The lowest BCUT2D eigenvalue weighted by Gasteiger charge is -2.12. The molecule has 1 aliphatic heterocycles. The van der Waals surface area contributed by atoms with Crippen molar-refractivity contribution in [3.8, 4) is 5.75 Å². The predicted molar refractivity (Wildman–Crippen MR) is 156 cm³/mol. The number of methoxy groups -OCH3 is 1. The van der Waals surface area contributed by atoms with E-state index in [0.717, 1.165) is 11.1 Å². The molecule has 1 heterocycles. The molecule has 0 atom stereocenters. The minimum Gasteiger partial charge on any atom is -0.486 e. The highest BCUT2D eigenvalue weighted by atomic mass is 79.9. The number of amides is 1. The van der Waals surface area contributed by atoms with Crippen molar-refractivity contribution >= 4 is 95.6 Å². The Morgan fingerprint density at radius 3 is 2.38 bits per heavy atom. The van der Waals surface area contributed by atoms with E-state index < -0.39 is 5.97 Å². The molecule has 1 saturated heterocycles. The van der Waals surface area contributed by atoms with Crippen LogP contribution in [-0.2, 0) is 16.1 Å². The summed E-state index contributed by atoms with van der Waals surface area (Å²) in [6.45, 7) is 0.257. The molecular formula is C26H18Br2Cl2N2O4S. The molecule has 3 aromatic carbocycles. The van der Waals surface area contributed by atoms with E-state index in [4.69, 9.17) is 32.7 Å². The van der Waals surface area contributed by atoms with E-state index in [1.54, 1.807) is 49.5 Å². The fourth-order valence-corrected chi connectivity index (χ4v) is 6.19. The van der Waals surface area contributed by atoms with Gasteiger partial charge < -0.3 is 9.47 Å². The molecule has 190 valence electrons. The summed E-state index contributed by atoms with van der Waals surface area (Å²) in [6, 6.07) is 15.6. The zero-order valence-electron chi connectivity index (χ0n) is 19.4. The van der Waals surface area contributed by atoms with Gasteiger partial charge in [0.1, 0.15) is 12.4 Å². The van der Waals surface area contributed by atoms with Gasteiger partial charge in [-0.3, -0.25) is 9.69 Å². The highest BCUT2D eigenvalue weighted by Gasteiger charge is 2.30. The van der Waals surface area contributed by atoms with Crippen molar-refractivity contribution in [3.63, 3.8) is 0 Å². The number of rotatable bonds is 6. The lowest BCUT2D eigenvalue weighted by Crippen LogP contribution is -2.23. The van der Waals surface area contributed by atoms with Gasteiger partial charge in [0, 0.05) is 22.7 Å². The van der Waals surface area contributed by atoms with Crippen LogP contribution in [-0.4, -0.2) is 36.1 Å². The molecule has 0 radical (unpaired) electrons. The number of thioether (sulfide) groups is 1. The van der Waals surface area contributed by atoms with Gasteiger partial charge in [0.25, 0.3) is 5.91 Å². The van der Waals surface area contributed by atoms with E-state index in [2.05, 4.69) is 36.9 Å². The van der Waals surface area contributed by atoms with Crippen LogP contribution in [0, 0.1) is 0 Å². The largest absolute Gasteiger partial charge is 0.486 e. The number of nitrogens with zero attached hydrogens (tertiary/aromatic N) is 2. The van der Waals surface area contributed by atoms with Crippen molar-refractivity contribution in [2.24, 2.45) is 4.99 Å². The number of halogens is 4. The topological polar surface area (TPSA) is 68.2 Å². The standard InChI is InChI=1S/C26H18Br2Cl2N2O4S/c1-32-24(33)22(37-26(32)31-18-7-4-15(5-8-18)25(34)35-2)11-14-9-19(27)23(20(28)10-14)36-13-16-3-6-17(29)12-21(16)30/h3-12H,13H2,1-2H3/b22-11-,31-26?. The quantitative estimate of drug-likeness (QED) is 0.194. The summed E-state index contributed by atoms with van der Waals surface area (Å²) < 4.78 is 12.1. The van der Waals surface area contributed by atoms with Crippen molar-refractivity contribution in [1.82, 2.24) is 4.90 Å². The maximum Gasteiger partial charge on any atom is 0.337 e. The molecule has 1 aliphatic rings. The van der Waals surface area contributed by atoms with Crippen molar-refractivity contribution in [2.45, 2.75) is 6.61 Å². The van der Waals surface area contributed by atoms with E-state index in [1.807, 2.05) is 18.2 Å². The Labute approximate surface area is 244 Å². The molecular weight excluding hydrogens is 667 g/mol. The molecule has 0 N–H and O–H groups in total. The molecule has 37 heavy (non-hydrogen) atoms. The second kappa shape index (κ2) is 12.0. The lowest BCUT2D eigenvalue weighted by atomic mass is 10.2. The van der Waals surface area contributed by atoms with E-state index in [9.17, 15) is 9.59 Å². The first-order valence-corrected chi connectivity index (χ1v) is 13.8. The maximum absolute atomic E-state index is 12.9. The van der Waals surface area contributed by atoms with Crippen LogP contribution in [0.15, 0.2) is 73.4 Å². The molecule has 0 bridgehead atoms. The van der Waals surface area contributed by atoms with Crippen molar-refractivity contribution in [2.75, 3.05) is 14.2 Å². The summed E-state index contributed by atoms with van der Waals surface area (Å²) >= 11 is 20.6. The number of benzene rings is 3. The Morgan fingerprint density at radius 2 is 1.76 bits per heavy atom. The molecule has 1 fully saturated rings. The van der Waals surface area contributed by atoms with Gasteiger partial charge in [0.15, 0.2) is 5.17 Å². The number of amidine groups is 1. The van der Waals surface area contributed by atoms with Crippen LogP contribution in [0.25, 0.3) is 6.08 Å². The SMILES string of the molecule is COC(=O)c1ccc(N=C2S/C(=C\c3cc(Br)c(OCc4ccc(Cl)cc4Cl)c(Br)c3)C(=O)N2C)cc1. The summed E-state index contributed by atoms with van der Waals surface area (Å²) in [4.78, 5) is 31.1. The van der Waals surface area contributed by atoms with Gasteiger partial charge >= 0.3 is 5.97 Å². The van der Waals surface area contributed by atoms with Gasteiger partial charge in [-0.2, -0.15) is 0 Å². The number of carbonyl (C=O) groups excluding carboxylic acids is 2. The molecule has 4 rings (SSSR count). The van der Waals surface area contributed by atoms with Crippen molar-refractivity contribution in [1.29, 1.82) is 0 Å². The van der Waals surface area contributed by atoms with Crippen LogP contribution >= 0.6 is 66.8 Å². The fourth-order valence-electron chi connectivity index (χ4n) is 3.29. The maximum atomic E-state index is 12.9. The molecule has 0 aromatic heterocycles. The zero-order valence-corrected chi connectivity index (χ0v) is 24.9. The molecule has 1 amide bonds. The molecule has 0 saturated carbocycles. The third-order valence-electron chi connectivity index (χ3n) is 5.22. The molecule has 3 aromatic rings. The molecule has 0 aliphatic carbocycles. The first-order valence-electron chi connectivity index (χ1n) is 10.7. The van der Waals surface area contributed by atoms with Gasteiger partial charge in [0.05, 0.1) is 32.2 Å².